The summed E-state index contributed by atoms with van der Waals surface area (Å²) in [5.41, 5.74) is 4.76. The Morgan fingerprint density at radius 1 is 1.00 bits per heavy atom. The summed E-state index contributed by atoms with van der Waals surface area (Å²) in [6, 6.07) is 21.4. The summed E-state index contributed by atoms with van der Waals surface area (Å²) in [6.45, 7) is 5.10. The van der Waals surface area contributed by atoms with Crippen molar-refractivity contribution in [2.24, 2.45) is 0 Å². The van der Waals surface area contributed by atoms with E-state index in [9.17, 15) is 0 Å². The number of benzene rings is 2. The van der Waals surface area contributed by atoms with Crippen LogP contribution in [0.1, 0.15) is 29.8 Å². The fourth-order valence-electron chi connectivity index (χ4n) is 2.66. The molecule has 0 radical (unpaired) electrons. The topological polar surface area (TPSA) is 24.9 Å². The van der Waals surface area contributed by atoms with Gasteiger partial charge >= 0.3 is 0 Å². The van der Waals surface area contributed by atoms with Gasteiger partial charge in [0.2, 0.25) is 0 Å². The van der Waals surface area contributed by atoms with Crippen LogP contribution in [0.5, 0.6) is 0 Å². The van der Waals surface area contributed by atoms with Gasteiger partial charge in [-0.1, -0.05) is 48.5 Å². The molecule has 0 unspecified atom stereocenters. The minimum Gasteiger partial charge on any atom is -0.306 e. The number of para-hydroxylation sites is 1. The zero-order valence-corrected chi connectivity index (χ0v) is 12.5. The number of fused-ring (bicyclic) bond motifs is 1. The van der Waals surface area contributed by atoms with Crippen molar-refractivity contribution in [2.45, 2.75) is 26.4 Å². The van der Waals surface area contributed by atoms with E-state index in [-0.39, 0.29) is 0 Å². The van der Waals surface area contributed by atoms with Gasteiger partial charge < -0.3 is 5.32 Å². The molecule has 0 spiro atoms. The Hall–Kier alpha value is -2.19. The van der Waals surface area contributed by atoms with Gasteiger partial charge in [0.15, 0.2) is 0 Å². The first kappa shape index (κ1) is 13.8. The van der Waals surface area contributed by atoms with Gasteiger partial charge in [-0.2, -0.15) is 0 Å². The maximum absolute atomic E-state index is 4.59. The first-order chi connectivity index (χ1) is 10.2. The zero-order chi connectivity index (χ0) is 14.7. The highest BCUT2D eigenvalue weighted by molar-refractivity contribution is 5.82. The van der Waals surface area contributed by atoms with E-state index >= 15 is 0 Å². The van der Waals surface area contributed by atoms with Crippen molar-refractivity contribution in [1.29, 1.82) is 0 Å². The SMILES string of the molecule is Cc1cc(CN[C@H](C)c2ccccc2)c2ccccc2n1. The van der Waals surface area contributed by atoms with E-state index in [0.717, 1.165) is 17.8 Å². The van der Waals surface area contributed by atoms with E-state index in [1.165, 1.54) is 16.5 Å². The Kier molecular flexibility index (Phi) is 3.98. The molecule has 0 aliphatic rings. The van der Waals surface area contributed by atoms with E-state index in [2.05, 4.69) is 78.7 Å². The van der Waals surface area contributed by atoms with Crippen molar-refractivity contribution < 1.29 is 0 Å². The lowest BCUT2D eigenvalue weighted by Gasteiger charge is -2.15. The number of pyridine rings is 1. The fourth-order valence-corrected chi connectivity index (χ4v) is 2.66. The van der Waals surface area contributed by atoms with Gasteiger partial charge in [-0.3, -0.25) is 4.98 Å². The number of aromatic nitrogens is 1. The van der Waals surface area contributed by atoms with E-state index < -0.39 is 0 Å². The van der Waals surface area contributed by atoms with E-state index in [0.29, 0.717) is 6.04 Å². The summed E-state index contributed by atoms with van der Waals surface area (Å²) in [6.07, 6.45) is 0. The monoisotopic (exact) mass is 276 g/mol. The van der Waals surface area contributed by atoms with Crippen molar-refractivity contribution in [3.63, 3.8) is 0 Å². The molecule has 1 N–H and O–H groups in total. The van der Waals surface area contributed by atoms with Crippen LogP contribution in [0.2, 0.25) is 0 Å². The van der Waals surface area contributed by atoms with E-state index in [1.807, 2.05) is 6.07 Å². The molecule has 2 heteroatoms. The van der Waals surface area contributed by atoms with Gasteiger partial charge in [-0.15, -0.1) is 0 Å². The quantitative estimate of drug-likeness (QED) is 0.764. The van der Waals surface area contributed by atoms with Crippen molar-refractivity contribution in [3.8, 4) is 0 Å². The molecule has 0 bridgehead atoms. The van der Waals surface area contributed by atoms with Gasteiger partial charge in [0, 0.05) is 23.7 Å². The molecule has 1 heterocycles. The van der Waals surface area contributed by atoms with Crippen molar-refractivity contribution in [2.75, 3.05) is 0 Å². The molecule has 3 aromatic rings. The van der Waals surface area contributed by atoms with Crippen LogP contribution in [0.15, 0.2) is 60.7 Å². The van der Waals surface area contributed by atoms with Gasteiger partial charge in [-0.25, -0.2) is 0 Å². The van der Waals surface area contributed by atoms with Crippen LogP contribution in [0.25, 0.3) is 10.9 Å². The largest absolute Gasteiger partial charge is 0.306 e. The molecule has 0 aliphatic heterocycles. The number of nitrogens with one attached hydrogen (secondary N) is 1. The summed E-state index contributed by atoms with van der Waals surface area (Å²) in [7, 11) is 0. The van der Waals surface area contributed by atoms with Gasteiger partial charge in [-0.05, 0) is 37.1 Å². The molecule has 21 heavy (non-hydrogen) atoms. The fraction of sp³-hybridized carbons (Fsp3) is 0.211. The lowest BCUT2D eigenvalue weighted by molar-refractivity contribution is 0.576. The molecule has 0 saturated carbocycles. The third-order valence-corrected chi connectivity index (χ3v) is 3.83. The minimum atomic E-state index is 0.332. The number of nitrogens with zero attached hydrogens (tertiary/aromatic N) is 1. The highest BCUT2D eigenvalue weighted by Crippen LogP contribution is 2.19. The molecule has 106 valence electrons. The van der Waals surface area contributed by atoms with Crippen molar-refractivity contribution >= 4 is 10.9 Å². The third kappa shape index (κ3) is 3.11. The smallest absolute Gasteiger partial charge is 0.0708 e. The van der Waals surface area contributed by atoms with Crippen molar-refractivity contribution in [1.82, 2.24) is 10.3 Å². The van der Waals surface area contributed by atoms with Crippen LogP contribution < -0.4 is 5.32 Å². The lowest BCUT2D eigenvalue weighted by Crippen LogP contribution is -2.18. The molecular formula is C19H20N2. The second kappa shape index (κ2) is 6.06. The molecule has 0 aliphatic carbocycles. The van der Waals surface area contributed by atoms with Gasteiger partial charge in [0.05, 0.1) is 5.52 Å². The molecular weight excluding hydrogens is 256 g/mol. The third-order valence-electron chi connectivity index (χ3n) is 3.83. The molecule has 0 saturated heterocycles. The van der Waals surface area contributed by atoms with Crippen LogP contribution in [0.4, 0.5) is 0 Å². The summed E-state index contributed by atoms with van der Waals surface area (Å²) >= 11 is 0. The Bertz CT molecular complexity index is 735. The molecule has 0 fully saturated rings. The zero-order valence-electron chi connectivity index (χ0n) is 12.5. The van der Waals surface area contributed by atoms with Crippen LogP contribution in [-0.2, 0) is 6.54 Å². The maximum Gasteiger partial charge on any atom is 0.0708 e. The highest BCUT2D eigenvalue weighted by Gasteiger charge is 2.07. The molecule has 1 aromatic heterocycles. The highest BCUT2D eigenvalue weighted by atomic mass is 14.9. The predicted molar refractivity (Wildman–Crippen MR) is 88.2 cm³/mol. The Balaban J connectivity index is 1.82. The normalized spacial score (nSPS) is 12.5. The predicted octanol–water partition coefficient (Wildman–Crippen LogP) is 4.39. The van der Waals surface area contributed by atoms with Crippen LogP contribution in [-0.4, -0.2) is 4.98 Å². The van der Waals surface area contributed by atoms with Gasteiger partial charge in [0.1, 0.15) is 0 Å². The molecule has 1 atom stereocenters. The van der Waals surface area contributed by atoms with Crippen LogP contribution in [0, 0.1) is 6.92 Å². The number of hydrogen-bond donors (Lipinski definition) is 1. The molecule has 2 nitrogen and oxygen atoms in total. The summed E-state index contributed by atoms with van der Waals surface area (Å²) in [5, 5.41) is 4.84. The molecule has 2 aromatic carbocycles. The second-order valence-electron chi connectivity index (χ2n) is 5.45. The standard InChI is InChI=1S/C19H20N2/c1-14-12-17(18-10-6-7-11-19(18)21-14)13-20-15(2)16-8-4-3-5-9-16/h3-12,15,20H,13H2,1-2H3/t15-/m1/s1. The van der Waals surface area contributed by atoms with Crippen LogP contribution in [0.3, 0.4) is 0 Å². The first-order valence-electron chi connectivity index (χ1n) is 7.37. The van der Waals surface area contributed by atoms with Crippen LogP contribution >= 0.6 is 0 Å². The average molecular weight is 276 g/mol. The average Bonchev–Trinajstić information content (AvgIpc) is 2.53. The Labute approximate surface area is 125 Å². The molecule has 3 rings (SSSR count). The number of rotatable bonds is 4. The molecule has 0 amide bonds. The van der Waals surface area contributed by atoms with E-state index in [1.54, 1.807) is 0 Å². The first-order valence-corrected chi connectivity index (χ1v) is 7.37. The summed E-state index contributed by atoms with van der Waals surface area (Å²) in [4.78, 5) is 4.59. The minimum absolute atomic E-state index is 0.332. The Morgan fingerprint density at radius 2 is 1.71 bits per heavy atom. The Morgan fingerprint density at radius 3 is 2.52 bits per heavy atom. The maximum atomic E-state index is 4.59. The lowest BCUT2D eigenvalue weighted by atomic mass is 10.1. The van der Waals surface area contributed by atoms with E-state index in [4.69, 9.17) is 0 Å². The van der Waals surface area contributed by atoms with Gasteiger partial charge in [0.25, 0.3) is 0 Å². The number of aryl methyl sites for hydroxylation is 1. The van der Waals surface area contributed by atoms with Crippen molar-refractivity contribution in [3.05, 3.63) is 77.5 Å². The second-order valence-corrected chi connectivity index (χ2v) is 5.45. The summed E-state index contributed by atoms with van der Waals surface area (Å²) in [5.74, 6) is 0. The number of hydrogen-bond acceptors (Lipinski definition) is 2. The summed E-state index contributed by atoms with van der Waals surface area (Å²) < 4.78 is 0.